The van der Waals surface area contributed by atoms with Crippen molar-refractivity contribution in [2.45, 2.75) is 24.3 Å². The van der Waals surface area contributed by atoms with Crippen LogP contribution >= 0.6 is 0 Å². The summed E-state index contributed by atoms with van der Waals surface area (Å²) in [6, 6.07) is 14.0. The number of ether oxygens (including phenoxy) is 1. The van der Waals surface area contributed by atoms with E-state index in [1.165, 1.54) is 12.1 Å². The van der Waals surface area contributed by atoms with Gasteiger partial charge in [0.2, 0.25) is 0 Å². The molecule has 2 aromatic rings. The van der Waals surface area contributed by atoms with Crippen LogP contribution < -0.4 is 10.1 Å². The third-order valence-corrected chi connectivity index (χ3v) is 5.84. The summed E-state index contributed by atoms with van der Waals surface area (Å²) in [7, 11) is -3.45. The van der Waals surface area contributed by atoms with Crippen molar-refractivity contribution in [2.24, 2.45) is 0 Å². The Morgan fingerprint density at radius 2 is 1.88 bits per heavy atom. The van der Waals surface area contributed by atoms with E-state index < -0.39 is 15.7 Å². The Hall–Kier alpha value is -2.34. The van der Waals surface area contributed by atoms with Gasteiger partial charge in [-0.1, -0.05) is 37.3 Å². The molecular formula is C18H19NO4S. The van der Waals surface area contributed by atoms with Crippen molar-refractivity contribution >= 4 is 15.7 Å². The van der Waals surface area contributed by atoms with E-state index in [1.807, 2.05) is 24.3 Å². The number of amides is 1. The van der Waals surface area contributed by atoms with Crippen LogP contribution in [0.25, 0.3) is 0 Å². The number of nitrogens with one attached hydrogen (secondary N) is 1. The Balaban J connectivity index is 1.69. The monoisotopic (exact) mass is 345 g/mol. The summed E-state index contributed by atoms with van der Waals surface area (Å²) in [6.07, 6.45) is 0.590. The van der Waals surface area contributed by atoms with E-state index in [4.69, 9.17) is 4.74 Å². The minimum atomic E-state index is -3.45. The van der Waals surface area contributed by atoms with E-state index >= 15 is 0 Å². The molecule has 1 aliphatic rings. The molecule has 0 saturated heterocycles. The van der Waals surface area contributed by atoms with E-state index in [9.17, 15) is 13.2 Å². The van der Waals surface area contributed by atoms with Gasteiger partial charge in [0.25, 0.3) is 5.91 Å². The zero-order valence-corrected chi connectivity index (χ0v) is 14.2. The summed E-state index contributed by atoms with van der Waals surface area (Å²) < 4.78 is 30.0. The van der Waals surface area contributed by atoms with Crippen LogP contribution in [-0.4, -0.2) is 32.7 Å². The van der Waals surface area contributed by atoms with Crippen LogP contribution in [0, 0.1) is 0 Å². The molecular weight excluding hydrogens is 326 g/mol. The van der Waals surface area contributed by atoms with Crippen molar-refractivity contribution in [3.8, 4) is 5.75 Å². The summed E-state index contributed by atoms with van der Waals surface area (Å²) in [6.45, 7) is 1.89. The maximum Gasteiger partial charge on any atom is 0.252 e. The highest BCUT2D eigenvalue weighted by Crippen LogP contribution is 2.27. The largest absolute Gasteiger partial charge is 0.488 e. The van der Waals surface area contributed by atoms with Gasteiger partial charge in [0.1, 0.15) is 11.9 Å². The second kappa shape index (κ2) is 6.65. The first-order valence-electron chi connectivity index (χ1n) is 7.86. The SMILES string of the molecule is CCS(=O)(=O)c1ccccc1C(=O)NC[C@H]1Cc2ccccc2O1. The van der Waals surface area contributed by atoms with Crippen molar-refractivity contribution in [3.63, 3.8) is 0 Å². The fraction of sp³-hybridized carbons (Fsp3) is 0.278. The average molecular weight is 345 g/mol. The van der Waals surface area contributed by atoms with E-state index in [0.29, 0.717) is 6.54 Å². The van der Waals surface area contributed by atoms with Gasteiger partial charge < -0.3 is 10.1 Å². The van der Waals surface area contributed by atoms with Gasteiger partial charge in [0.05, 0.1) is 22.8 Å². The van der Waals surface area contributed by atoms with Gasteiger partial charge in [-0.15, -0.1) is 0 Å². The number of carbonyl (C=O) groups is 1. The van der Waals surface area contributed by atoms with Crippen molar-refractivity contribution in [1.29, 1.82) is 0 Å². The summed E-state index contributed by atoms with van der Waals surface area (Å²) in [5.41, 5.74) is 1.29. The van der Waals surface area contributed by atoms with Crippen LogP contribution in [-0.2, 0) is 16.3 Å². The summed E-state index contributed by atoms with van der Waals surface area (Å²) >= 11 is 0. The molecule has 1 atom stereocenters. The van der Waals surface area contributed by atoms with Gasteiger partial charge in [0, 0.05) is 6.42 Å². The second-order valence-corrected chi connectivity index (χ2v) is 7.91. The molecule has 24 heavy (non-hydrogen) atoms. The fourth-order valence-electron chi connectivity index (χ4n) is 2.75. The van der Waals surface area contributed by atoms with Crippen LogP contribution in [0.2, 0.25) is 0 Å². The smallest absolute Gasteiger partial charge is 0.252 e. The number of para-hydroxylation sites is 1. The van der Waals surface area contributed by atoms with Gasteiger partial charge in [-0.25, -0.2) is 8.42 Å². The molecule has 0 aromatic heterocycles. The first-order valence-corrected chi connectivity index (χ1v) is 9.51. The first kappa shape index (κ1) is 16.5. The van der Waals surface area contributed by atoms with Gasteiger partial charge in [-0.3, -0.25) is 4.79 Å². The lowest BCUT2D eigenvalue weighted by Gasteiger charge is -2.13. The fourth-order valence-corrected chi connectivity index (χ4v) is 3.84. The molecule has 2 aromatic carbocycles. The average Bonchev–Trinajstić information content (AvgIpc) is 3.02. The lowest BCUT2D eigenvalue weighted by molar-refractivity contribution is 0.0930. The predicted octanol–water partition coefficient (Wildman–Crippen LogP) is 2.21. The van der Waals surface area contributed by atoms with Crippen LogP contribution in [0.15, 0.2) is 53.4 Å². The highest BCUT2D eigenvalue weighted by atomic mass is 32.2. The minimum absolute atomic E-state index is 0.0433. The van der Waals surface area contributed by atoms with Crippen LogP contribution in [0.5, 0.6) is 5.75 Å². The lowest BCUT2D eigenvalue weighted by Crippen LogP contribution is -2.35. The molecule has 1 amide bonds. The van der Waals surface area contributed by atoms with E-state index in [1.54, 1.807) is 19.1 Å². The van der Waals surface area contributed by atoms with Crippen molar-refractivity contribution in [2.75, 3.05) is 12.3 Å². The Kier molecular flexibility index (Phi) is 4.57. The van der Waals surface area contributed by atoms with Gasteiger partial charge in [-0.2, -0.15) is 0 Å². The highest BCUT2D eigenvalue weighted by Gasteiger charge is 2.24. The molecule has 0 radical (unpaired) electrons. The molecule has 1 N–H and O–H groups in total. The zero-order valence-electron chi connectivity index (χ0n) is 13.4. The van der Waals surface area contributed by atoms with Crippen molar-refractivity contribution in [3.05, 3.63) is 59.7 Å². The summed E-state index contributed by atoms with van der Waals surface area (Å²) in [4.78, 5) is 12.5. The van der Waals surface area contributed by atoms with Crippen LogP contribution in [0.3, 0.4) is 0 Å². The summed E-state index contributed by atoms with van der Waals surface area (Å²) in [5, 5.41) is 2.78. The third kappa shape index (κ3) is 3.28. The highest BCUT2D eigenvalue weighted by molar-refractivity contribution is 7.91. The minimum Gasteiger partial charge on any atom is -0.488 e. The molecule has 0 bridgehead atoms. The quantitative estimate of drug-likeness (QED) is 0.902. The Morgan fingerprint density at radius 1 is 1.17 bits per heavy atom. The van der Waals surface area contributed by atoms with Gasteiger partial charge >= 0.3 is 0 Å². The molecule has 0 fully saturated rings. The number of fused-ring (bicyclic) bond motifs is 1. The number of rotatable bonds is 5. The molecule has 126 valence electrons. The zero-order chi connectivity index (χ0) is 17.2. The number of hydrogen-bond donors (Lipinski definition) is 1. The predicted molar refractivity (Wildman–Crippen MR) is 91.1 cm³/mol. The van der Waals surface area contributed by atoms with E-state index in [0.717, 1.165) is 17.7 Å². The molecule has 1 aliphatic heterocycles. The first-order chi connectivity index (χ1) is 11.5. The normalized spacial score (nSPS) is 16.3. The summed E-state index contributed by atoms with van der Waals surface area (Å²) in [5.74, 6) is 0.395. The number of benzene rings is 2. The van der Waals surface area contributed by atoms with Crippen molar-refractivity contribution < 1.29 is 17.9 Å². The van der Waals surface area contributed by atoms with Gasteiger partial charge in [0.15, 0.2) is 9.84 Å². The maximum atomic E-state index is 12.4. The lowest BCUT2D eigenvalue weighted by atomic mass is 10.1. The Bertz CT molecular complexity index is 836. The van der Waals surface area contributed by atoms with Crippen LogP contribution in [0.1, 0.15) is 22.8 Å². The third-order valence-electron chi connectivity index (χ3n) is 4.05. The van der Waals surface area contributed by atoms with Gasteiger partial charge in [-0.05, 0) is 23.8 Å². The molecule has 0 saturated carbocycles. The topological polar surface area (TPSA) is 72.5 Å². The molecule has 0 spiro atoms. The second-order valence-electron chi connectivity index (χ2n) is 5.66. The van der Waals surface area contributed by atoms with Crippen LogP contribution in [0.4, 0.5) is 0 Å². The number of carbonyl (C=O) groups excluding carboxylic acids is 1. The number of hydrogen-bond acceptors (Lipinski definition) is 4. The Morgan fingerprint density at radius 3 is 2.62 bits per heavy atom. The molecule has 0 aliphatic carbocycles. The molecule has 0 unspecified atom stereocenters. The van der Waals surface area contributed by atoms with E-state index in [-0.39, 0.29) is 22.3 Å². The van der Waals surface area contributed by atoms with E-state index in [2.05, 4.69) is 5.32 Å². The number of sulfone groups is 1. The molecule has 5 nitrogen and oxygen atoms in total. The van der Waals surface area contributed by atoms with Crippen molar-refractivity contribution in [1.82, 2.24) is 5.32 Å². The molecule has 1 heterocycles. The standard InChI is InChI=1S/C18H19NO4S/c1-2-24(21,22)17-10-6-4-8-15(17)18(20)19-12-14-11-13-7-3-5-9-16(13)23-14/h3-10,14H,2,11-12H2,1H3,(H,19,20)/t14-/m1/s1. The molecule has 3 rings (SSSR count). The molecule has 6 heteroatoms. The Labute approximate surface area is 141 Å². The maximum absolute atomic E-state index is 12.4.